The Kier molecular flexibility index (Phi) is 7.46. The summed E-state index contributed by atoms with van der Waals surface area (Å²) in [5.74, 6) is -0.0854. The SMILES string of the molecule is Cc1cc(N=C(C2=C(N)CCN(C)C2C)n2ccn(-c3ccc(NCC4CC4)c(C=N)c3F)c2=O)cc(C)c1F. The van der Waals surface area contributed by atoms with Crippen molar-refractivity contribution in [2.24, 2.45) is 16.6 Å². The average Bonchev–Trinajstić information content (AvgIpc) is 3.68. The molecule has 4 N–H and O–H groups in total. The number of hydrogen-bond donors (Lipinski definition) is 3. The van der Waals surface area contributed by atoms with Gasteiger partial charge >= 0.3 is 5.69 Å². The van der Waals surface area contributed by atoms with Crippen LogP contribution in [0, 0.1) is 36.8 Å². The molecule has 210 valence electrons. The molecule has 1 aliphatic heterocycles. The number of anilines is 1. The minimum absolute atomic E-state index is 0.0304. The highest BCUT2D eigenvalue weighted by Crippen LogP contribution is 2.31. The maximum Gasteiger partial charge on any atom is 0.338 e. The Morgan fingerprint density at radius 2 is 1.88 bits per heavy atom. The topological polar surface area (TPSA) is 104 Å². The molecule has 1 atom stereocenters. The highest BCUT2D eigenvalue weighted by Gasteiger charge is 2.29. The molecule has 8 nitrogen and oxygen atoms in total. The average molecular weight is 548 g/mol. The molecule has 40 heavy (non-hydrogen) atoms. The summed E-state index contributed by atoms with van der Waals surface area (Å²) in [6.07, 6.45) is 6.87. The predicted molar refractivity (Wildman–Crippen MR) is 155 cm³/mol. The van der Waals surface area contributed by atoms with Crippen LogP contribution in [0.1, 0.15) is 42.9 Å². The molecule has 0 spiro atoms. The van der Waals surface area contributed by atoms with Gasteiger partial charge in [-0.25, -0.2) is 18.6 Å². The van der Waals surface area contributed by atoms with Crippen LogP contribution in [-0.4, -0.2) is 52.3 Å². The normalized spacial score (nSPS) is 18.4. The molecule has 1 saturated carbocycles. The second-order valence-corrected chi connectivity index (χ2v) is 10.8. The van der Waals surface area contributed by atoms with E-state index >= 15 is 4.39 Å². The highest BCUT2D eigenvalue weighted by molar-refractivity contribution is 6.03. The lowest BCUT2D eigenvalue weighted by Crippen LogP contribution is -2.43. The lowest BCUT2D eigenvalue weighted by molar-refractivity contribution is 0.277. The maximum absolute atomic E-state index is 15.7. The Labute approximate surface area is 232 Å². The van der Waals surface area contributed by atoms with Gasteiger partial charge in [-0.3, -0.25) is 14.0 Å². The van der Waals surface area contributed by atoms with Crippen molar-refractivity contribution >= 4 is 23.4 Å². The summed E-state index contributed by atoms with van der Waals surface area (Å²) in [6, 6.07) is 6.34. The number of benzene rings is 2. The van der Waals surface area contributed by atoms with Gasteiger partial charge in [-0.15, -0.1) is 0 Å². The number of aliphatic imine (C=N–C) groups is 1. The molecular weight excluding hydrogens is 512 g/mol. The van der Waals surface area contributed by atoms with Crippen LogP contribution in [-0.2, 0) is 0 Å². The Hall–Kier alpha value is -4.05. The summed E-state index contributed by atoms with van der Waals surface area (Å²) in [5.41, 5.74) is 9.28. The van der Waals surface area contributed by atoms with Crippen molar-refractivity contribution in [1.82, 2.24) is 14.0 Å². The zero-order valence-corrected chi connectivity index (χ0v) is 23.3. The summed E-state index contributed by atoms with van der Waals surface area (Å²) < 4.78 is 32.6. The van der Waals surface area contributed by atoms with Crippen LogP contribution in [0.4, 0.5) is 20.2 Å². The van der Waals surface area contributed by atoms with Gasteiger partial charge in [0, 0.05) is 61.1 Å². The summed E-state index contributed by atoms with van der Waals surface area (Å²) in [6.45, 7) is 6.81. The van der Waals surface area contributed by atoms with Crippen LogP contribution in [0.25, 0.3) is 5.69 Å². The molecule has 2 aromatic carbocycles. The highest BCUT2D eigenvalue weighted by atomic mass is 19.1. The van der Waals surface area contributed by atoms with Gasteiger partial charge in [0.1, 0.15) is 11.7 Å². The third-order valence-electron chi connectivity index (χ3n) is 7.90. The fraction of sp³-hybridized carbons (Fsp3) is 0.367. The molecule has 1 aliphatic carbocycles. The molecule has 1 unspecified atom stereocenters. The zero-order valence-electron chi connectivity index (χ0n) is 23.3. The van der Waals surface area contributed by atoms with Gasteiger partial charge in [0.15, 0.2) is 5.82 Å². The van der Waals surface area contributed by atoms with Gasteiger partial charge in [-0.2, -0.15) is 0 Å². The van der Waals surface area contributed by atoms with Gasteiger partial charge in [0.05, 0.1) is 16.9 Å². The zero-order chi connectivity index (χ0) is 28.7. The van der Waals surface area contributed by atoms with Gasteiger partial charge < -0.3 is 16.5 Å². The molecule has 0 amide bonds. The number of nitrogens with one attached hydrogen (secondary N) is 2. The molecule has 2 heterocycles. The van der Waals surface area contributed by atoms with Crippen LogP contribution < -0.4 is 16.7 Å². The molecule has 1 aromatic heterocycles. The Morgan fingerprint density at radius 3 is 2.52 bits per heavy atom. The van der Waals surface area contributed by atoms with E-state index in [4.69, 9.17) is 16.1 Å². The molecule has 1 fully saturated rings. The number of nitrogens with two attached hydrogens (primary N) is 1. The van der Waals surface area contributed by atoms with Gasteiger partial charge in [-0.05, 0) is 82.0 Å². The number of nitrogens with zero attached hydrogens (tertiary/aromatic N) is 4. The Bertz CT molecular complexity index is 1570. The molecule has 0 saturated heterocycles. The Balaban J connectivity index is 1.64. The van der Waals surface area contributed by atoms with Crippen LogP contribution in [0.5, 0.6) is 0 Å². The molecular formula is C30H35F2N7O. The van der Waals surface area contributed by atoms with Crippen molar-refractivity contribution in [2.75, 3.05) is 25.5 Å². The second kappa shape index (κ2) is 10.8. The molecule has 10 heteroatoms. The minimum Gasteiger partial charge on any atom is -0.402 e. The van der Waals surface area contributed by atoms with E-state index in [-0.39, 0.29) is 23.1 Å². The van der Waals surface area contributed by atoms with Crippen molar-refractivity contribution in [3.05, 3.63) is 86.7 Å². The second-order valence-electron chi connectivity index (χ2n) is 10.8. The Morgan fingerprint density at radius 1 is 1.18 bits per heavy atom. The lowest BCUT2D eigenvalue weighted by atomic mass is 9.97. The third kappa shape index (κ3) is 5.11. The van der Waals surface area contributed by atoms with Crippen molar-refractivity contribution in [3.8, 4) is 5.69 Å². The monoisotopic (exact) mass is 547 g/mol. The smallest absolute Gasteiger partial charge is 0.338 e. The van der Waals surface area contributed by atoms with E-state index in [0.717, 1.165) is 32.1 Å². The number of imidazole rings is 1. The number of rotatable bonds is 7. The molecule has 0 radical (unpaired) electrons. The first-order chi connectivity index (χ1) is 19.1. The minimum atomic E-state index is -0.664. The first-order valence-corrected chi connectivity index (χ1v) is 13.5. The number of hydrogen-bond acceptors (Lipinski definition) is 6. The van der Waals surface area contributed by atoms with Gasteiger partial charge in [0.25, 0.3) is 0 Å². The first kappa shape index (κ1) is 27.5. The summed E-state index contributed by atoms with van der Waals surface area (Å²) >= 11 is 0. The van der Waals surface area contributed by atoms with E-state index in [1.165, 1.54) is 27.6 Å². The van der Waals surface area contributed by atoms with E-state index in [9.17, 15) is 9.18 Å². The molecule has 3 aromatic rings. The number of aromatic nitrogens is 2. The summed E-state index contributed by atoms with van der Waals surface area (Å²) in [5, 5.41) is 11.0. The van der Waals surface area contributed by atoms with E-state index in [1.807, 2.05) is 14.0 Å². The molecule has 5 rings (SSSR count). The lowest BCUT2D eigenvalue weighted by Gasteiger charge is -2.33. The number of likely N-dealkylation sites (N-methyl/N-ethyl adjacent to an activating group) is 1. The van der Waals surface area contributed by atoms with Gasteiger partial charge in [0.2, 0.25) is 0 Å². The fourth-order valence-corrected chi connectivity index (χ4v) is 5.16. The largest absolute Gasteiger partial charge is 0.402 e. The van der Waals surface area contributed by atoms with Crippen LogP contribution in [0.2, 0.25) is 0 Å². The van der Waals surface area contributed by atoms with E-state index in [0.29, 0.717) is 51.9 Å². The van der Waals surface area contributed by atoms with Crippen molar-refractivity contribution in [1.29, 1.82) is 5.41 Å². The first-order valence-electron chi connectivity index (χ1n) is 13.5. The van der Waals surface area contributed by atoms with Crippen molar-refractivity contribution in [3.63, 3.8) is 0 Å². The standard InChI is InChI=1S/C30H35F2N7O/c1-17-13-21(14-18(2)27(17)31)36-29(26-19(3)37(4)10-9-23(26)34)39-12-11-38(30(39)40)25-8-7-24(22(15-33)28(25)32)35-16-20-5-6-20/h7-8,11-15,19-20,33,35H,5-6,9-10,16,34H2,1-4H3. The predicted octanol–water partition coefficient (Wildman–Crippen LogP) is 4.87. The fourth-order valence-electron chi connectivity index (χ4n) is 5.16. The van der Waals surface area contributed by atoms with Crippen LogP contribution >= 0.6 is 0 Å². The summed E-state index contributed by atoms with van der Waals surface area (Å²) in [4.78, 5) is 20.8. The van der Waals surface area contributed by atoms with Crippen molar-refractivity contribution < 1.29 is 8.78 Å². The van der Waals surface area contributed by atoms with E-state index in [2.05, 4.69) is 10.2 Å². The quantitative estimate of drug-likeness (QED) is 0.290. The number of halogens is 2. The number of aryl methyl sites for hydroxylation is 2. The van der Waals surface area contributed by atoms with E-state index in [1.54, 1.807) is 32.0 Å². The summed E-state index contributed by atoms with van der Waals surface area (Å²) in [7, 11) is 1.97. The third-order valence-corrected chi connectivity index (χ3v) is 7.90. The maximum atomic E-state index is 15.7. The molecule has 2 aliphatic rings. The van der Waals surface area contributed by atoms with Gasteiger partial charge in [-0.1, -0.05) is 0 Å². The van der Waals surface area contributed by atoms with Crippen molar-refractivity contribution in [2.45, 2.75) is 46.1 Å². The molecule has 0 bridgehead atoms. The van der Waals surface area contributed by atoms with E-state index < -0.39 is 11.5 Å². The van der Waals surface area contributed by atoms with Crippen LogP contribution in [0.3, 0.4) is 0 Å². The van der Waals surface area contributed by atoms with Crippen LogP contribution in [0.15, 0.2) is 57.7 Å².